The maximum absolute atomic E-state index is 13.7. The molecule has 1 saturated heterocycles. The van der Waals surface area contributed by atoms with Crippen molar-refractivity contribution in [3.63, 3.8) is 0 Å². The average molecular weight is 443 g/mol. The van der Waals surface area contributed by atoms with Gasteiger partial charge in [-0.3, -0.25) is 19.6 Å². The number of rotatable bonds is 7. The molecule has 1 atom stereocenters. The van der Waals surface area contributed by atoms with Crippen molar-refractivity contribution in [3.05, 3.63) is 84.4 Å². The van der Waals surface area contributed by atoms with Crippen LogP contribution in [0.4, 0.5) is 0 Å². The lowest BCUT2D eigenvalue weighted by atomic mass is 9.83. The van der Waals surface area contributed by atoms with Crippen LogP contribution in [0.1, 0.15) is 37.9 Å². The summed E-state index contributed by atoms with van der Waals surface area (Å²) in [6.45, 7) is 4.46. The van der Waals surface area contributed by atoms with Gasteiger partial charge >= 0.3 is 0 Å². The third kappa shape index (κ3) is 4.95. The van der Waals surface area contributed by atoms with Crippen LogP contribution in [-0.2, 0) is 22.4 Å². The maximum atomic E-state index is 13.7. The van der Waals surface area contributed by atoms with E-state index in [1.54, 1.807) is 23.5 Å². The number of likely N-dealkylation sites (tertiary alicyclic amines) is 1. The summed E-state index contributed by atoms with van der Waals surface area (Å²) in [4.78, 5) is 37.4. The summed E-state index contributed by atoms with van der Waals surface area (Å²) in [7, 11) is 0. The number of benzene rings is 1. The van der Waals surface area contributed by atoms with Crippen molar-refractivity contribution in [2.24, 2.45) is 0 Å². The lowest BCUT2D eigenvalue weighted by Crippen LogP contribution is -2.60. The van der Waals surface area contributed by atoms with Crippen LogP contribution in [0, 0.1) is 0 Å². The van der Waals surface area contributed by atoms with E-state index < -0.39 is 5.54 Å². The van der Waals surface area contributed by atoms with E-state index in [9.17, 15) is 9.59 Å². The van der Waals surface area contributed by atoms with Gasteiger partial charge in [-0.1, -0.05) is 30.3 Å². The molecule has 6 heteroatoms. The first-order valence-corrected chi connectivity index (χ1v) is 11.5. The Kier molecular flexibility index (Phi) is 6.82. The summed E-state index contributed by atoms with van der Waals surface area (Å²) < 4.78 is 0. The van der Waals surface area contributed by atoms with Crippen LogP contribution in [-0.4, -0.2) is 44.8 Å². The van der Waals surface area contributed by atoms with Crippen molar-refractivity contribution in [2.45, 2.75) is 51.1 Å². The average Bonchev–Trinajstić information content (AvgIpc) is 3.25. The number of carbonyl (C=O) groups is 2. The molecule has 33 heavy (non-hydrogen) atoms. The number of aromatic nitrogens is 2. The van der Waals surface area contributed by atoms with E-state index in [-0.39, 0.29) is 24.3 Å². The van der Waals surface area contributed by atoms with Crippen LogP contribution in [0.5, 0.6) is 0 Å². The first-order valence-electron chi connectivity index (χ1n) is 11.5. The van der Waals surface area contributed by atoms with Gasteiger partial charge in [0.25, 0.3) is 0 Å². The summed E-state index contributed by atoms with van der Waals surface area (Å²) >= 11 is 0. The van der Waals surface area contributed by atoms with Crippen LogP contribution in [0.25, 0.3) is 11.1 Å². The maximum Gasteiger partial charge on any atom is 0.246 e. The quantitative estimate of drug-likeness (QED) is 0.604. The summed E-state index contributed by atoms with van der Waals surface area (Å²) in [5, 5.41) is 3.10. The topological polar surface area (TPSA) is 75.2 Å². The molecule has 1 fully saturated rings. The summed E-state index contributed by atoms with van der Waals surface area (Å²) in [5.74, 6) is -0.152. The van der Waals surface area contributed by atoms with Crippen LogP contribution >= 0.6 is 0 Å². The van der Waals surface area contributed by atoms with Crippen LogP contribution in [0.2, 0.25) is 0 Å². The van der Waals surface area contributed by atoms with Crippen molar-refractivity contribution in [1.82, 2.24) is 20.2 Å². The number of pyridine rings is 2. The minimum Gasteiger partial charge on any atom is -0.352 e. The Labute approximate surface area is 195 Å². The standard InChI is InChI=1S/C27H30N4O2/c1-20(2)30-26(33)27(13-7-17-31(27)25(32)18-23-9-5-6-14-29-23)19-22-8-3-4-10-24(22)21-11-15-28-16-12-21/h3-6,8-12,14-16,20H,7,13,17-19H2,1-2H3,(H,30,33). The van der Waals surface area contributed by atoms with Crippen LogP contribution in [0.15, 0.2) is 73.2 Å². The van der Waals surface area contributed by atoms with Crippen molar-refractivity contribution in [2.75, 3.05) is 6.54 Å². The Morgan fingerprint density at radius 3 is 2.52 bits per heavy atom. The van der Waals surface area contributed by atoms with E-state index >= 15 is 0 Å². The Balaban J connectivity index is 1.71. The Bertz CT molecular complexity index is 1100. The zero-order valence-electron chi connectivity index (χ0n) is 19.2. The van der Waals surface area contributed by atoms with E-state index in [4.69, 9.17) is 0 Å². The number of hydrogen-bond acceptors (Lipinski definition) is 4. The first-order chi connectivity index (χ1) is 16.0. The monoisotopic (exact) mass is 442 g/mol. The zero-order valence-corrected chi connectivity index (χ0v) is 19.2. The fourth-order valence-electron chi connectivity index (χ4n) is 4.69. The molecule has 1 aromatic carbocycles. The van der Waals surface area contributed by atoms with E-state index in [2.05, 4.69) is 27.4 Å². The van der Waals surface area contributed by atoms with E-state index in [0.717, 1.165) is 23.1 Å². The highest BCUT2D eigenvalue weighted by molar-refractivity contribution is 5.93. The minimum absolute atomic E-state index is 0.0156. The number of carbonyl (C=O) groups excluding carboxylic acids is 2. The molecule has 1 N–H and O–H groups in total. The number of hydrogen-bond donors (Lipinski definition) is 1. The SMILES string of the molecule is CC(C)NC(=O)C1(Cc2ccccc2-c2ccncc2)CCCN1C(=O)Cc1ccccn1. The number of amides is 2. The molecule has 0 bridgehead atoms. The smallest absolute Gasteiger partial charge is 0.246 e. The van der Waals surface area contributed by atoms with Gasteiger partial charge in [0, 0.05) is 43.3 Å². The molecular weight excluding hydrogens is 412 g/mol. The molecule has 2 aromatic heterocycles. The molecule has 1 aliphatic rings. The highest BCUT2D eigenvalue weighted by Crippen LogP contribution is 2.36. The molecule has 0 aliphatic carbocycles. The fraction of sp³-hybridized carbons (Fsp3) is 0.333. The molecule has 1 unspecified atom stereocenters. The third-order valence-corrected chi connectivity index (χ3v) is 6.18. The van der Waals surface area contributed by atoms with Crippen LogP contribution < -0.4 is 5.32 Å². The minimum atomic E-state index is -0.931. The summed E-state index contributed by atoms with van der Waals surface area (Å²) in [5.41, 5.74) is 2.93. The second-order valence-electron chi connectivity index (χ2n) is 8.88. The fourth-order valence-corrected chi connectivity index (χ4v) is 4.69. The molecule has 0 saturated carbocycles. The normalized spacial score (nSPS) is 17.8. The second-order valence-corrected chi connectivity index (χ2v) is 8.88. The Morgan fingerprint density at radius 2 is 1.79 bits per heavy atom. The van der Waals surface area contributed by atoms with Gasteiger partial charge in [0.05, 0.1) is 6.42 Å². The van der Waals surface area contributed by atoms with Gasteiger partial charge < -0.3 is 10.2 Å². The zero-order chi connectivity index (χ0) is 23.3. The Hall–Kier alpha value is -3.54. The first kappa shape index (κ1) is 22.6. The molecule has 2 amide bonds. The summed E-state index contributed by atoms with van der Waals surface area (Å²) in [6, 6.07) is 17.6. The molecule has 3 heterocycles. The van der Waals surface area contributed by atoms with Gasteiger partial charge in [-0.15, -0.1) is 0 Å². The predicted octanol–water partition coefficient (Wildman–Crippen LogP) is 3.81. The molecule has 4 rings (SSSR count). The second kappa shape index (κ2) is 9.94. The van der Waals surface area contributed by atoms with Crippen molar-refractivity contribution in [3.8, 4) is 11.1 Å². The largest absolute Gasteiger partial charge is 0.352 e. The van der Waals surface area contributed by atoms with E-state index in [1.165, 1.54) is 0 Å². The third-order valence-electron chi connectivity index (χ3n) is 6.18. The van der Waals surface area contributed by atoms with Crippen molar-refractivity contribution >= 4 is 11.8 Å². The lowest BCUT2D eigenvalue weighted by Gasteiger charge is -2.38. The lowest BCUT2D eigenvalue weighted by molar-refractivity contribution is -0.145. The Morgan fingerprint density at radius 1 is 1.03 bits per heavy atom. The molecular formula is C27H30N4O2. The van der Waals surface area contributed by atoms with Gasteiger partial charge in [-0.2, -0.15) is 0 Å². The van der Waals surface area contributed by atoms with Gasteiger partial charge in [-0.25, -0.2) is 0 Å². The highest BCUT2D eigenvalue weighted by Gasteiger charge is 2.49. The van der Waals surface area contributed by atoms with Crippen LogP contribution in [0.3, 0.4) is 0 Å². The molecule has 170 valence electrons. The number of nitrogens with one attached hydrogen (secondary N) is 1. The molecule has 0 spiro atoms. The van der Waals surface area contributed by atoms with Crippen molar-refractivity contribution in [1.29, 1.82) is 0 Å². The van der Waals surface area contributed by atoms with E-state index in [1.807, 2.05) is 56.3 Å². The number of nitrogens with zero attached hydrogens (tertiary/aromatic N) is 3. The molecule has 6 nitrogen and oxygen atoms in total. The van der Waals surface area contributed by atoms with Gasteiger partial charge in [0.1, 0.15) is 5.54 Å². The molecule has 3 aromatic rings. The van der Waals surface area contributed by atoms with Gasteiger partial charge in [-0.05, 0) is 67.6 Å². The highest BCUT2D eigenvalue weighted by atomic mass is 16.2. The van der Waals surface area contributed by atoms with Gasteiger partial charge in [0.15, 0.2) is 0 Å². The predicted molar refractivity (Wildman–Crippen MR) is 128 cm³/mol. The molecule has 1 aliphatic heterocycles. The molecule has 0 radical (unpaired) electrons. The van der Waals surface area contributed by atoms with E-state index in [0.29, 0.717) is 25.1 Å². The van der Waals surface area contributed by atoms with Crippen molar-refractivity contribution < 1.29 is 9.59 Å². The summed E-state index contributed by atoms with van der Waals surface area (Å²) in [6.07, 6.45) is 7.29. The van der Waals surface area contributed by atoms with Gasteiger partial charge in [0.2, 0.25) is 11.8 Å².